The molecule has 88 valence electrons. The van der Waals surface area contributed by atoms with Gasteiger partial charge in [-0.1, -0.05) is 13.8 Å². The molecule has 0 aromatic rings. The van der Waals surface area contributed by atoms with Crippen LogP contribution in [0.2, 0.25) is 0 Å². The van der Waals surface area contributed by atoms with Gasteiger partial charge in [-0.2, -0.15) is 0 Å². The van der Waals surface area contributed by atoms with Crippen LogP contribution in [0.25, 0.3) is 0 Å². The van der Waals surface area contributed by atoms with E-state index in [2.05, 4.69) is 17.3 Å². The molecule has 4 heteroatoms. The van der Waals surface area contributed by atoms with Crippen LogP contribution in [0.1, 0.15) is 20.3 Å². The first kappa shape index (κ1) is 12.3. The number of carbonyl (C=O) groups excluding carboxylic acids is 1. The third-order valence-electron chi connectivity index (χ3n) is 3.15. The highest BCUT2D eigenvalue weighted by atomic mass is 16.2. The molecule has 0 saturated carbocycles. The molecule has 0 radical (unpaired) electrons. The lowest BCUT2D eigenvalue weighted by molar-refractivity contribution is 0.0336. The summed E-state index contributed by atoms with van der Waals surface area (Å²) < 4.78 is 0. The monoisotopic (exact) mass is 213 g/mol. The molecule has 2 fully saturated rings. The van der Waals surface area contributed by atoms with Crippen molar-refractivity contribution in [1.29, 1.82) is 0 Å². The average molecular weight is 213 g/mol. The number of hydrogen-bond donors (Lipinski definition) is 1. The summed E-state index contributed by atoms with van der Waals surface area (Å²) in [4.78, 5) is 15.6. The van der Waals surface area contributed by atoms with Crippen molar-refractivity contribution in [2.24, 2.45) is 5.41 Å². The van der Waals surface area contributed by atoms with E-state index in [9.17, 15) is 4.79 Å². The summed E-state index contributed by atoms with van der Waals surface area (Å²) in [6.45, 7) is 8.17. The Morgan fingerprint density at radius 2 is 1.87 bits per heavy atom. The molecule has 0 aromatic carbocycles. The number of rotatable bonds is 0. The predicted molar refractivity (Wildman–Crippen MR) is 61.9 cm³/mol. The van der Waals surface area contributed by atoms with E-state index in [-0.39, 0.29) is 6.03 Å². The first-order valence-corrected chi connectivity index (χ1v) is 5.80. The normalized spacial score (nSPS) is 23.1. The van der Waals surface area contributed by atoms with E-state index < -0.39 is 0 Å². The van der Waals surface area contributed by atoms with Crippen molar-refractivity contribution in [2.45, 2.75) is 20.3 Å². The average Bonchev–Trinajstić information content (AvgIpc) is 2.64. The predicted octanol–water partition coefficient (Wildman–Crippen LogP) is 0.990. The lowest BCUT2D eigenvalue weighted by Gasteiger charge is -2.46. The molecule has 2 amide bonds. The Kier molecular flexibility index (Phi) is 3.97. The highest BCUT2D eigenvalue weighted by Crippen LogP contribution is 2.38. The minimum absolute atomic E-state index is 0.0754. The fourth-order valence-corrected chi connectivity index (χ4v) is 2.62. The van der Waals surface area contributed by atoms with Crippen molar-refractivity contribution in [1.82, 2.24) is 15.1 Å². The summed E-state index contributed by atoms with van der Waals surface area (Å²) in [5, 5.41) is 2.68. The Labute approximate surface area is 92.6 Å². The molecule has 0 bridgehead atoms. The van der Waals surface area contributed by atoms with Crippen molar-refractivity contribution < 1.29 is 4.79 Å². The third kappa shape index (κ3) is 2.43. The number of carbonyl (C=O) groups is 1. The van der Waals surface area contributed by atoms with Crippen LogP contribution < -0.4 is 5.32 Å². The molecule has 0 atom stereocenters. The van der Waals surface area contributed by atoms with Gasteiger partial charge in [-0.3, -0.25) is 0 Å². The zero-order valence-electron chi connectivity index (χ0n) is 10.3. The number of nitrogens with zero attached hydrogens (tertiary/aromatic N) is 2. The lowest BCUT2D eigenvalue weighted by atomic mass is 9.79. The van der Waals surface area contributed by atoms with Crippen molar-refractivity contribution in [3.05, 3.63) is 0 Å². The number of likely N-dealkylation sites (tertiary alicyclic amines) is 2. The first-order chi connectivity index (χ1) is 7.15. The SMILES string of the molecule is CC.CNC(=O)N1CCC2(CN(C)C2)C1. The van der Waals surface area contributed by atoms with Crippen molar-refractivity contribution in [3.63, 3.8) is 0 Å². The van der Waals surface area contributed by atoms with Crippen LogP contribution in [0.5, 0.6) is 0 Å². The van der Waals surface area contributed by atoms with Gasteiger partial charge in [0.15, 0.2) is 0 Å². The van der Waals surface area contributed by atoms with E-state index in [4.69, 9.17) is 0 Å². The Balaban J connectivity index is 0.000000531. The van der Waals surface area contributed by atoms with Crippen LogP contribution >= 0.6 is 0 Å². The fraction of sp³-hybridized carbons (Fsp3) is 0.909. The molecule has 15 heavy (non-hydrogen) atoms. The Morgan fingerprint density at radius 1 is 1.27 bits per heavy atom. The van der Waals surface area contributed by atoms with Gasteiger partial charge >= 0.3 is 6.03 Å². The molecule has 2 aliphatic rings. The second-order valence-electron chi connectivity index (χ2n) is 4.40. The van der Waals surface area contributed by atoms with Crippen molar-refractivity contribution >= 4 is 6.03 Å². The molecule has 2 heterocycles. The topological polar surface area (TPSA) is 35.6 Å². The molecule has 2 rings (SSSR count). The minimum atomic E-state index is 0.0754. The van der Waals surface area contributed by atoms with E-state index in [0.29, 0.717) is 5.41 Å². The summed E-state index contributed by atoms with van der Waals surface area (Å²) in [6, 6.07) is 0.0754. The summed E-state index contributed by atoms with van der Waals surface area (Å²) in [5.41, 5.74) is 0.432. The van der Waals surface area contributed by atoms with Gasteiger partial charge in [-0.15, -0.1) is 0 Å². The number of amides is 2. The van der Waals surface area contributed by atoms with Crippen LogP contribution in [0.3, 0.4) is 0 Å². The smallest absolute Gasteiger partial charge is 0.317 e. The van der Waals surface area contributed by atoms with Gasteiger partial charge in [0, 0.05) is 38.6 Å². The molecule has 2 saturated heterocycles. The highest BCUT2D eigenvalue weighted by molar-refractivity contribution is 5.74. The standard InChI is InChI=1S/C9H17N3O.C2H6/c1-10-8(13)12-4-3-9(7-12)5-11(2)6-9;1-2/h3-7H2,1-2H3,(H,10,13);1-2H3. The van der Waals surface area contributed by atoms with Gasteiger partial charge in [0.2, 0.25) is 0 Å². The van der Waals surface area contributed by atoms with Crippen LogP contribution in [0.15, 0.2) is 0 Å². The molecule has 0 aromatic heterocycles. The van der Waals surface area contributed by atoms with Crippen LogP contribution in [0, 0.1) is 5.41 Å². The van der Waals surface area contributed by atoms with E-state index in [0.717, 1.165) is 26.2 Å². The molecule has 0 unspecified atom stereocenters. The fourth-order valence-electron chi connectivity index (χ4n) is 2.62. The lowest BCUT2D eigenvalue weighted by Crippen LogP contribution is -2.56. The molecule has 4 nitrogen and oxygen atoms in total. The van der Waals surface area contributed by atoms with Crippen LogP contribution in [-0.4, -0.2) is 56.1 Å². The summed E-state index contributed by atoms with van der Waals surface area (Å²) in [5.74, 6) is 0. The van der Waals surface area contributed by atoms with Gasteiger partial charge < -0.3 is 15.1 Å². The molecular weight excluding hydrogens is 190 g/mol. The zero-order valence-corrected chi connectivity index (χ0v) is 10.3. The van der Waals surface area contributed by atoms with Gasteiger partial charge in [-0.25, -0.2) is 4.79 Å². The molecule has 1 spiro atoms. The quantitative estimate of drug-likeness (QED) is 0.651. The van der Waals surface area contributed by atoms with Gasteiger partial charge in [0.1, 0.15) is 0 Å². The van der Waals surface area contributed by atoms with E-state index in [1.165, 1.54) is 6.42 Å². The maximum absolute atomic E-state index is 11.3. The van der Waals surface area contributed by atoms with Crippen LogP contribution in [-0.2, 0) is 0 Å². The Morgan fingerprint density at radius 3 is 2.33 bits per heavy atom. The number of nitrogens with one attached hydrogen (secondary N) is 1. The van der Waals surface area contributed by atoms with E-state index in [1.54, 1.807) is 7.05 Å². The Hall–Kier alpha value is -0.770. The maximum atomic E-state index is 11.3. The number of hydrogen-bond acceptors (Lipinski definition) is 2. The summed E-state index contributed by atoms with van der Waals surface area (Å²) >= 11 is 0. The van der Waals surface area contributed by atoms with E-state index >= 15 is 0 Å². The third-order valence-corrected chi connectivity index (χ3v) is 3.15. The second kappa shape index (κ2) is 4.84. The van der Waals surface area contributed by atoms with Crippen LogP contribution in [0.4, 0.5) is 4.79 Å². The first-order valence-electron chi connectivity index (χ1n) is 5.80. The highest BCUT2D eigenvalue weighted by Gasteiger charge is 2.46. The second-order valence-corrected chi connectivity index (χ2v) is 4.40. The molecule has 1 N–H and O–H groups in total. The van der Waals surface area contributed by atoms with Crippen molar-refractivity contribution in [2.75, 3.05) is 40.3 Å². The zero-order chi connectivity index (χ0) is 11.5. The summed E-state index contributed by atoms with van der Waals surface area (Å²) in [7, 11) is 3.83. The Bertz CT molecular complexity index is 224. The minimum Gasteiger partial charge on any atom is -0.341 e. The van der Waals surface area contributed by atoms with Crippen molar-refractivity contribution in [3.8, 4) is 0 Å². The summed E-state index contributed by atoms with van der Waals surface area (Å²) in [6.07, 6.45) is 1.17. The molecule has 2 aliphatic heterocycles. The van der Waals surface area contributed by atoms with Gasteiger partial charge in [-0.05, 0) is 13.5 Å². The largest absolute Gasteiger partial charge is 0.341 e. The van der Waals surface area contributed by atoms with E-state index in [1.807, 2.05) is 18.7 Å². The maximum Gasteiger partial charge on any atom is 0.317 e. The number of urea groups is 1. The van der Waals surface area contributed by atoms with Gasteiger partial charge in [0.05, 0.1) is 0 Å². The molecular formula is C11H23N3O. The van der Waals surface area contributed by atoms with Gasteiger partial charge in [0.25, 0.3) is 0 Å². The molecule has 0 aliphatic carbocycles.